The maximum atomic E-state index is 11.3. The van der Waals surface area contributed by atoms with Crippen LogP contribution in [-0.4, -0.2) is 10.1 Å². The molecular weight excluding hydrogens is 502 g/mol. The summed E-state index contributed by atoms with van der Waals surface area (Å²) < 4.78 is 6.24. The minimum absolute atomic E-state index is 0.283. The SMILES string of the molecule is C#C/C=C\C=C/CC1(c2ccccc2O)c2ccccc2-c2c1ccc1c2[nH]c2ccc3oc4ccccc4c3c21. The number of fused-ring (bicyclic) bond motifs is 11. The van der Waals surface area contributed by atoms with E-state index in [1.165, 1.54) is 22.1 Å². The van der Waals surface area contributed by atoms with E-state index in [1.54, 1.807) is 12.1 Å². The van der Waals surface area contributed by atoms with Crippen molar-refractivity contribution in [1.82, 2.24) is 4.98 Å². The number of terminal acetylenes is 1. The molecule has 0 fully saturated rings. The summed E-state index contributed by atoms with van der Waals surface area (Å²) in [6, 6.07) is 33.2. The Hall–Kier alpha value is -5.46. The van der Waals surface area contributed by atoms with Crippen LogP contribution in [0.4, 0.5) is 0 Å². The van der Waals surface area contributed by atoms with E-state index in [0.29, 0.717) is 6.42 Å². The van der Waals surface area contributed by atoms with Crippen molar-refractivity contribution in [2.75, 3.05) is 0 Å². The number of phenolic OH excluding ortho intramolecular Hbond substituents is 1. The van der Waals surface area contributed by atoms with E-state index >= 15 is 0 Å². The first-order chi connectivity index (χ1) is 20.2. The summed E-state index contributed by atoms with van der Waals surface area (Å²) in [5.74, 6) is 2.83. The fourth-order valence-corrected chi connectivity index (χ4v) is 7.02. The average molecular weight is 528 g/mol. The molecular formula is C38H25NO2. The number of hydrogen-bond acceptors (Lipinski definition) is 2. The van der Waals surface area contributed by atoms with E-state index in [0.717, 1.165) is 49.5 Å². The number of furan rings is 1. The summed E-state index contributed by atoms with van der Waals surface area (Å²) >= 11 is 0. The van der Waals surface area contributed by atoms with Crippen LogP contribution >= 0.6 is 0 Å². The van der Waals surface area contributed by atoms with Gasteiger partial charge in [-0.25, -0.2) is 0 Å². The molecule has 194 valence electrons. The topological polar surface area (TPSA) is 49.2 Å². The van der Waals surface area contributed by atoms with Gasteiger partial charge in [-0.15, -0.1) is 6.42 Å². The Morgan fingerprint density at radius 2 is 1.56 bits per heavy atom. The molecule has 3 nitrogen and oxygen atoms in total. The van der Waals surface area contributed by atoms with Gasteiger partial charge in [-0.05, 0) is 53.5 Å². The Kier molecular flexibility index (Phi) is 5.01. The monoisotopic (exact) mass is 527 g/mol. The number of rotatable bonds is 4. The molecule has 1 aliphatic carbocycles. The van der Waals surface area contributed by atoms with E-state index in [-0.39, 0.29) is 5.75 Å². The van der Waals surface area contributed by atoms with Crippen molar-refractivity contribution in [3.05, 3.63) is 138 Å². The van der Waals surface area contributed by atoms with Gasteiger partial charge >= 0.3 is 0 Å². The molecule has 7 aromatic rings. The lowest BCUT2D eigenvalue weighted by Gasteiger charge is -2.32. The van der Waals surface area contributed by atoms with Gasteiger partial charge < -0.3 is 14.5 Å². The third-order valence-corrected chi connectivity index (χ3v) is 8.62. The molecule has 0 aliphatic heterocycles. The standard InChI is InChI=1S/C38H25NO2/c1-2-3-4-5-12-23-38(28-16-9-10-17-31(28)40)27-15-8-6-13-24(27)34-29(38)20-19-26-35-30(39-37(26)34)21-22-33-36(35)25-14-7-11-18-32(25)41-33/h1,3-22,39-40H,23H2/b4-3-,12-5-. The summed E-state index contributed by atoms with van der Waals surface area (Å²) in [4.78, 5) is 3.80. The first-order valence-corrected chi connectivity index (χ1v) is 13.8. The largest absolute Gasteiger partial charge is 0.508 e. The van der Waals surface area contributed by atoms with Crippen molar-refractivity contribution in [2.45, 2.75) is 11.8 Å². The first-order valence-electron chi connectivity index (χ1n) is 13.8. The number of H-pyrrole nitrogens is 1. The molecule has 41 heavy (non-hydrogen) atoms. The molecule has 0 saturated carbocycles. The minimum atomic E-state index is -0.582. The van der Waals surface area contributed by atoms with E-state index in [9.17, 15) is 5.11 Å². The second kappa shape index (κ2) is 8.78. The van der Waals surface area contributed by atoms with Crippen molar-refractivity contribution in [3.8, 4) is 29.2 Å². The van der Waals surface area contributed by atoms with Crippen LogP contribution in [-0.2, 0) is 5.41 Å². The normalized spacial score (nSPS) is 16.4. The van der Waals surface area contributed by atoms with Crippen LogP contribution in [0.1, 0.15) is 23.1 Å². The molecule has 8 rings (SSSR count). The number of aromatic hydroxyl groups is 1. The van der Waals surface area contributed by atoms with Crippen molar-refractivity contribution in [3.63, 3.8) is 0 Å². The lowest BCUT2D eigenvalue weighted by atomic mass is 9.69. The fraction of sp³-hybridized carbons (Fsp3) is 0.0526. The molecule has 0 spiro atoms. The van der Waals surface area contributed by atoms with Crippen LogP contribution in [0.2, 0.25) is 0 Å². The van der Waals surface area contributed by atoms with Crippen LogP contribution in [0.25, 0.3) is 54.9 Å². The number of aromatic nitrogens is 1. The minimum Gasteiger partial charge on any atom is -0.508 e. The van der Waals surface area contributed by atoms with Crippen molar-refractivity contribution >= 4 is 43.7 Å². The van der Waals surface area contributed by atoms with E-state index in [2.05, 4.69) is 77.6 Å². The molecule has 0 bridgehead atoms. The molecule has 0 radical (unpaired) electrons. The van der Waals surface area contributed by atoms with Crippen LogP contribution in [0.5, 0.6) is 5.75 Å². The molecule has 1 atom stereocenters. The Bertz CT molecular complexity index is 2270. The number of phenols is 1. The summed E-state index contributed by atoms with van der Waals surface area (Å²) in [5.41, 5.74) is 8.92. The van der Waals surface area contributed by atoms with E-state index in [1.807, 2.05) is 42.5 Å². The highest BCUT2D eigenvalue weighted by Gasteiger charge is 2.46. The highest BCUT2D eigenvalue weighted by molar-refractivity contribution is 6.28. The Morgan fingerprint density at radius 3 is 2.44 bits per heavy atom. The molecule has 2 N–H and O–H groups in total. The highest BCUT2D eigenvalue weighted by Crippen LogP contribution is 2.58. The summed E-state index contributed by atoms with van der Waals surface area (Å²) in [6.07, 6.45) is 13.8. The van der Waals surface area contributed by atoms with Gasteiger partial charge in [-0.2, -0.15) is 0 Å². The zero-order chi connectivity index (χ0) is 27.6. The first kappa shape index (κ1) is 23.4. The van der Waals surface area contributed by atoms with Gasteiger partial charge in [-0.3, -0.25) is 0 Å². The Labute approximate surface area is 237 Å². The quantitative estimate of drug-likeness (QED) is 0.177. The second-order valence-electron chi connectivity index (χ2n) is 10.6. The zero-order valence-electron chi connectivity index (χ0n) is 22.2. The third-order valence-electron chi connectivity index (χ3n) is 8.62. The van der Waals surface area contributed by atoms with E-state index < -0.39 is 5.41 Å². The number of benzene rings is 5. The zero-order valence-corrected chi connectivity index (χ0v) is 22.2. The molecule has 0 amide bonds. The smallest absolute Gasteiger partial charge is 0.136 e. The lowest BCUT2D eigenvalue weighted by Crippen LogP contribution is -2.26. The predicted octanol–water partition coefficient (Wildman–Crippen LogP) is 9.38. The molecule has 0 saturated heterocycles. The van der Waals surface area contributed by atoms with Crippen LogP contribution < -0.4 is 0 Å². The summed E-state index contributed by atoms with van der Waals surface area (Å²) in [5, 5.41) is 15.8. The number of nitrogens with one attached hydrogen (secondary N) is 1. The Balaban J connectivity index is 1.49. The van der Waals surface area contributed by atoms with Gasteiger partial charge in [0, 0.05) is 38.2 Å². The maximum Gasteiger partial charge on any atom is 0.136 e. The van der Waals surface area contributed by atoms with Crippen LogP contribution in [0.15, 0.2) is 126 Å². The molecule has 2 heterocycles. The molecule has 3 heteroatoms. The van der Waals surface area contributed by atoms with E-state index in [4.69, 9.17) is 10.8 Å². The van der Waals surface area contributed by atoms with Crippen LogP contribution in [0.3, 0.4) is 0 Å². The number of hydrogen-bond donors (Lipinski definition) is 2. The van der Waals surface area contributed by atoms with Gasteiger partial charge in [0.05, 0.1) is 10.9 Å². The van der Waals surface area contributed by atoms with Gasteiger partial charge in [0.15, 0.2) is 0 Å². The highest BCUT2D eigenvalue weighted by atomic mass is 16.3. The fourth-order valence-electron chi connectivity index (χ4n) is 7.02. The maximum absolute atomic E-state index is 11.3. The van der Waals surface area contributed by atoms with Crippen molar-refractivity contribution < 1.29 is 9.52 Å². The number of para-hydroxylation sites is 2. The van der Waals surface area contributed by atoms with Gasteiger partial charge in [0.25, 0.3) is 0 Å². The number of allylic oxidation sites excluding steroid dienone is 4. The Morgan fingerprint density at radius 1 is 0.756 bits per heavy atom. The summed E-state index contributed by atoms with van der Waals surface area (Å²) in [6.45, 7) is 0. The molecule has 5 aromatic carbocycles. The average Bonchev–Trinajstić information content (AvgIpc) is 3.65. The summed E-state index contributed by atoms with van der Waals surface area (Å²) in [7, 11) is 0. The molecule has 2 aromatic heterocycles. The second-order valence-corrected chi connectivity index (χ2v) is 10.6. The van der Waals surface area contributed by atoms with Gasteiger partial charge in [-0.1, -0.05) is 96.9 Å². The van der Waals surface area contributed by atoms with Crippen molar-refractivity contribution in [2.24, 2.45) is 0 Å². The number of aromatic amines is 1. The van der Waals surface area contributed by atoms with Gasteiger partial charge in [0.1, 0.15) is 16.9 Å². The molecule has 1 unspecified atom stereocenters. The third kappa shape index (κ3) is 3.16. The molecule has 1 aliphatic rings. The lowest BCUT2D eigenvalue weighted by molar-refractivity contribution is 0.454. The van der Waals surface area contributed by atoms with Gasteiger partial charge in [0.2, 0.25) is 0 Å². The van der Waals surface area contributed by atoms with Crippen LogP contribution in [0, 0.1) is 12.3 Å². The van der Waals surface area contributed by atoms with Crippen molar-refractivity contribution in [1.29, 1.82) is 0 Å². The predicted molar refractivity (Wildman–Crippen MR) is 168 cm³/mol.